The van der Waals surface area contributed by atoms with E-state index >= 15 is 0 Å². The Morgan fingerprint density at radius 1 is 1.04 bits per heavy atom. The van der Waals surface area contributed by atoms with Gasteiger partial charge in [0.2, 0.25) is 0 Å². The highest BCUT2D eigenvalue weighted by Crippen LogP contribution is 2.33. The van der Waals surface area contributed by atoms with E-state index in [-0.39, 0.29) is 17.6 Å². The van der Waals surface area contributed by atoms with Crippen LogP contribution in [0.3, 0.4) is 0 Å². The van der Waals surface area contributed by atoms with Crippen LogP contribution < -0.4 is 14.8 Å². The maximum atomic E-state index is 13.3. The molecule has 0 saturated carbocycles. The summed E-state index contributed by atoms with van der Waals surface area (Å²) in [6.45, 7) is 1.31. The Hall–Kier alpha value is -3.28. The second-order valence-electron chi connectivity index (χ2n) is 6.49. The summed E-state index contributed by atoms with van der Waals surface area (Å²) in [5, 5.41) is 2.93. The van der Waals surface area contributed by atoms with Gasteiger partial charge in [0.1, 0.15) is 24.8 Å². The number of para-hydroxylation sites is 1. The molecule has 1 aliphatic heterocycles. The lowest BCUT2D eigenvalue weighted by atomic mass is 9.93. The van der Waals surface area contributed by atoms with Crippen molar-refractivity contribution in [2.75, 3.05) is 19.8 Å². The average Bonchev–Trinajstić information content (AvgIpc) is 3.26. The van der Waals surface area contributed by atoms with Crippen molar-refractivity contribution in [2.45, 2.75) is 12.3 Å². The number of rotatable bonds is 6. The summed E-state index contributed by atoms with van der Waals surface area (Å²) in [6.07, 6.45) is 2.22. The molecule has 0 bridgehead atoms. The van der Waals surface area contributed by atoms with E-state index < -0.39 is 0 Å². The minimum absolute atomic E-state index is 0.0832. The lowest BCUT2D eigenvalue weighted by Gasteiger charge is -2.21. The number of ether oxygens (including phenoxy) is 2. The van der Waals surface area contributed by atoms with Crippen LogP contribution in [0.2, 0.25) is 0 Å². The highest BCUT2D eigenvalue weighted by molar-refractivity contribution is 5.97. The normalized spacial score (nSPS) is 13.8. The molecule has 144 valence electrons. The van der Waals surface area contributed by atoms with E-state index in [4.69, 9.17) is 13.9 Å². The summed E-state index contributed by atoms with van der Waals surface area (Å²) in [4.78, 5) is 12.6. The van der Waals surface area contributed by atoms with E-state index in [1.807, 2.05) is 12.1 Å². The van der Waals surface area contributed by atoms with Gasteiger partial charge in [-0.25, -0.2) is 4.39 Å². The van der Waals surface area contributed by atoms with Gasteiger partial charge in [-0.15, -0.1) is 0 Å². The lowest BCUT2D eigenvalue weighted by molar-refractivity contribution is 0.0941. The molecule has 0 unspecified atom stereocenters. The molecule has 2 heterocycles. The zero-order valence-electron chi connectivity index (χ0n) is 15.2. The molecule has 0 spiro atoms. The summed E-state index contributed by atoms with van der Waals surface area (Å²) in [6, 6.07) is 15.3. The van der Waals surface area contributed by atoms with Gasteiger partial charge in [-0.2, -0.15) is 0 Å². The second kappa shape index (κ2) is 8.17. The number of amides is 1. The summed E-state index contributed by atoms with van der Waals surface area (Å²) in [5.74, 6) is 1.24. The minimum Gasteiger partial charge on any atom is -0.486 e. The van der Waals surface area contributed by atoms with Gasteiger partial charge in [0, 0.05) is 12.5 Å². The van der Waals surface area contributed by atoms with E-state index in [1.54, 1.807) is 36.6 Å². The maximum Gasteiger partial charge on any atom is 0.255 e. The molecule has 0 radical (unpaired) electrons. The molecule has 2 aromatic carbocycles. The lowest BCUT2D eigenvalue weighted by Crippen LogP contribution is -2.27. The molecule has 0 saturated heterocycles. The smallest absolute Gasteiger partial charge is 0.255 e. The number of fused-ring (bicyclic) bond motifs is 1. The first-order valence-electron chi connectivity index (χ1n) is 9.18. The fourth-order valence-corrected chi connectivity index (χ4v) is 3.34. The predicted octanol–water partition coefficient (Wildman–Crippen LogP) is 4.14. The van der Waals surface area contributed by atoms with Crippen LogP contribution in [0.25, 0.3) is 0 Å². The van der Waals surface area contributed by atoms with Crippen molar-refractivity contribution >= 4 is 5.91 Å². The highest BCUT2D eigenvalue weighted by Gasteiger charge is 2.21. The Labute approximate surface area is 162 Å². The van der Waals surface area contributed by atoms with Crippen LogP contribution in [0.15, 0.2) is 65.3 Å². The van der Waals surface area contributed by atoms with Gasteiger partial charge < -0.3 is 19.2 Å². The van der Waals surface area contributed by atoms with Crippen molar-refractivity contribution in [3.05, 3.63) is 83.6 Å². The molecule has 4 rings (SSSR count). The first-order chi connectivity index (χ1) is 13.7. The zero-order chi connectivity index (χ0) is 19.3. The molecule has 1 aliphatic rings. The molecular weight excluding hydrogens is 361 g/mol. The van der Waals surface area contributed by atoms with E-state index in [1.165, 1.54) is 12.1 Å². The summed E-state index contributed by atoms with van der Waals surface area (Å²) in [7, 11) is 0. The second-order valence-corrected chi connectivity index (χ2v) is 6.49. The van der Waals surface area contributed by atoms with Crippen molar-refractivity contribution in [1.29, 1.82) is 0 Å². The van der Waals surface area contributed by atoms with Gasteiger partial charge in [-0.05, 0) is 48.4 Å². The standard InChI is InChI=1S/C22H20FNO4/c23-16-8-6-15(7-9-16)17(19-5-2-12-26-19)10-11-24-22(25)18-3-1-4-20-21(18)28-14-13-27-20/h1-9,12,17H,10-11,13-14H2,(H,24,25)/t17-/m0/s1. The number of hydrogen-bond acceptors (Lipinski definition) is 4. The maximum absolute atomic E-state index is 13.3. The highest BCUT2D eigenvalue weighted by atomic mass is 19.1. The van der Waals surface area contributed by atoms with Gasteiger partial charge in [-0.3, -0.25) is 4.79 Å². The summed E-state index contributed by atoms with van der Waals surface area (Å²) < 4.78 is 30.0. The molecule has 1 aromatic heterocycles. The van der Waals surface area contributed by atoms with Crippen LogP contribution >= 0.6 is 0 Å². The molecule has 28 heavy (non-hydrogen) atoms. The van der Waals surface area contributed by atoms with Crippen molar-refractivity contribution in [3.63, 3.8) is 0 Å². The van der Waals surface area contributed by atoms with Gasteiger partial charge in [0.25, 0.3) is 5.91 Å². The van der Waals surface area contributed by atoms with E-state index in [9.17, 15) is 9.18 Å². The van der Waals surface area contributed by atoms with Crippen LogP contribution in [-0.4, -0.2) is 25.7 Å². The Bertz CT molecular complexity index is 938. The fourth-order valence-electron chi connectivity index (χ4n) is 3.34. The molecule has 5 nitrogen and oxygen atoms in total. The van der Waals surface area contributed by atoms with Crippen LogP contribution in [0, 0.1) is 5.82 Å². The third-order valence-electron chi connectivity index (χ3n) is 4.69. The first kappa shape index (κ1) is 18.1. The molecule has 0 aliphatic carbocycles. The van der Waals surface area contributed by atoms with E-state index in [2.05, 4.69) is 5.32 Å². The molecule has 1 amide bonds. The van der Waals surface area contributed by atoms with Crippen LogP contribution in [0.1, 0.15) is 34.0 Å². The Morgan fingerprint density at radius 2 is 1.86 bits per heavy atom. The molecule has 1 N–H and O–H groups in total. The molecule has 6 heteroatoms. The third-order valence-corrected chi connectivity index (χ3v) is 4.69. The van der Waals surface area contributed by atoms with Crippen molar-refractivity contribution < 1.29 is 23.1 Å². The van der Waals surface area contributed by atoms with Gasteiger partial charge in [-0.1, -0.05) is 18.2 Å². The van der Waals surface area contributed by atoms with Gasteiger partial charge >= 0.3 is 0 Å². The number of hydrogen-bond donors (Lipinski definition) is 1. The zero-order valence-corrected chi connectivity index (χ0v) is 15.2. The van der Waals surface area contributed by atoms with Crippen molar-refractivity contribution in [2.24, 2.45) is 0 Å². The Balaban J connectivity index is 1.45. The SMILES string of the molecule is O=C(NCC[C@@H](c1ccc(F)cc1)c1ccco1)c1cccc2c1OCCO2. The minimum atomic E-state index is -0.286. The van der Waals surface area contributed by atoms with Gasteiger partial charge in [0.15, 0.2) is 11.5 Å². The quantitative estimate of drug-likeness (QED) is 0.697. The summed E-state index contributed by atoms with van der Waals surface area (Å²) in [5.41, 5.74) is 1.38. The fraction of sp³-hybridized carbons (Fsp3) is 0.227. The first-order valence-corrected chi connectivity index (χ1v) is 9.18. The molecule has 0 fully saturated rings. The molecule has 1 atom stereocenters. The van der Waals surface area contributed by atoms with E-state index in [0.29, 0.717) is 43.2 Å². The number of carbonyl (C=O) groups is 1. The average molecular weight is 381 g/mol. The third kappa shape index (κ3) is 3.86. The van der Waals surface area contributed by atoms with E-state index in [0.717, 1.165) is 11.3 Å². The Kier molecular flexibility index (Phi) is 5.28. The van der Waals surface area contributed by atoms with Crippen LogP contribution in [0.4, 0.5) is 4.39 Å². The Morgan fingerprint density at radius 3 is 2.64 bits per heavy atom. The van der Waals surface area contributed by atoms with Crippen LogP contribution in [-0.2, 0) is 0 Å². The number of furan rings is 1. The van der Waals surface area contributed by atoms with Gasteiger partial charge in [0.05, 0.1) is 11.8 Å². The monoisotopic (exact) mass is 381 g/mol. The largest absolute Gasteiger partial charge is 0.486 e. The molecular formula is C22H20FNO4. The van der Waals surface area contributed by atoms with Crippen molar-refractivity contribution in [1.82, 2.24) is 5.32 Å². The predicted molar refractivity (Wildman–Crippen MR) is 101 cm³/mol. The van der Waals surface area contributed by atoms with Crippen LogP contribution in [0.5, 0.6) is 11.5 Å². The van der Waals surface area contributed by atoms with Crippen molar-refractivity contribution in [3.8, 4) is 11.5 Å². The molecule has 3 aromatic rings. The number of benzene rings is 2. The topological polar surface area (TPSA) is 60.7 Å². The number of carbonyl (C=O) groups excluding carboxylic acids is 1. The number of halogens is 1. The number of nitrogens with one attached hydrogen (secondary N) is 1. The summed E-state index contributed by atoms with van der Waals surface area (Å²) >= 11 is 0.